The number of aryl methyl sites for hydroxylation is 2. The Morgan fingerprint density at radius 1 is 1.07 bits per heavy atom. The normalized spacial score (nSPS) is 18.3. The number of nitrogens with zero attached hydrogens (tertiary/aromatic N) is 4. The summed E-state index contributed by atoms with van der Waals surface area (Å²) < 4.78 is 0. The molecule has 2 aromatic heterocycles. The molecular formula is C18H22N4O2S3. The molecule has 9 heteroatoms. The molecule has 2 aliphatic heterocycles. The van der Waals surface area contributed by atoms with Crippen molar-refractivity contribution in [3.8, 4) is 0 Å². The van der Waals surface area contributed by atoms with E-state index in [0.29, 0.717) is 11.6 Å². The van der Waals surface area contributed by atoms with Crippen LogP contribution in [0.15, 0.2) is 5.38 Å². The molecule has 0 bridgehead atoms. The first-order valence-corrected chi connectivity index (χ1v) is 11.9. The van der Waals surface area contributed by atoms with Gasteiger partial charge in [-0.1, -0.05) is 0 Å². The number of aromatic nitrogens is 2. The van der Waals surface area contributed by atoms with Crippen molar-refractivity contribution in [3.63, 3.8) is 0 Å². The zero-order chi connectivity index (χ0) is 19.0. The number of piperidine rings is 1. The van der Waals surface area contributed by atoms with Crippen molar-refractivity contribution < 1.29 is 9.59 Å². The number of amides is 2. The van der Waals surface area contributed by atoms with Gasteiger partial charge in [-0.2, -0.15) is 0 Å². The second-order valence-corrected chi connectivity index (χ2v) is 10.1. The van der Waals surface area contributed by atoms with Crippen molar-refractivity contribution >= 4 is 46.2 Å². The molecule has 0 radical (unpaired) electrons. The van der Waals surface area contributed by atoms with Gasteiger partial charge in [0.15, 0.2) is 0 Å². The van der Waals surface area contributed by atoms with Crippen LogP contribution < -0.4 is 0 Å². The van der Waals surface area contributed by atoms with Gasteiger partial charge in [-0.15, -0.1) is 34.4 Å². The molecule has 0 unspecified atom stereocenters. The standard InChI is InChI=1S/C18H22N4O2S3/c1-11-15(27-12(2)19-11)18(24)21-5-3-13(4-6-21)16-20-14(9-26-16)17(23)22-7-8-25-10-22/h9,13H,3-8,10H2,1-2H3. The van der Waals surface area contributed by atoms with Crippen LogP contribution in [0.5, 0.6) is 0 Å². The van der Waals surface area contributed by atoms with Crippen LogP contribution in [0.4, 0.5) is 0 Å². The summed E-state index contributed by atoms with van der Waals surface area (Å²) in [5.74, 6) is 2.25. The van der Waals surface area contributed by atoms with Gasteiger partial charge >= 0.3 is 0 Å². The summed E-state index contributed by atoms with van der Waals surface area (Å²) in [4.78, 5) is 38.8. The molecule has 4 rings (SSSR count). The van der Waals surface area contributed by atoms with Gasteiger partial charge in [-0.05, 0) is 26.7 Å². The number of thioether (sulfide) groups is 1. The van der Waals surface area contributed by atoms with Crippen LogP contribution in [-0.2, 0) is 0 Å². The Morgan fingerprint density at radius 2 is 1.85 bits per heavy atom. The monoisotopic (exact) mass is 422 g/mol. The lowest BCUT2D eigenvalue weighted by molar-refractivity contribution is 0.0717. The molecule has 0 saturated carbocycles. The molecule has 144 valence electrons. The highest BCUT2D eigenvalue weighted by atomic mass is 32.2. The van der Waals surface area contributed by atoms with Gasteiger partial charge < -0.3 is 9.80 Å². The Kier molecular flexibility index (Phi) is 5.52. The van der Waals surface area contributed by atoms with E-state index in [1.807, 2.05) is 29.0 Å². The number of carbonyl (C=O) groups is 2. The highest BCUT2D eigenvalue weighted by molar-refractivity contribution is 7.99. The molecule has 0 N–H and O–H groups in total. The number of hydrogen-bond acceptors (Lipinski definition) is 7. The van der Waals surface area contributed by atoms with Crippen molar-refractivity contribution in [1.82, 2.24) is 19.8 Å². The first-order valence-electron chi connectivity index (χ1n) is 9.08. The van der Waals surface area contributed by atoms with Gasteiger partial charge in [0.2, 0.25) is 0 Å². The molecule has 0 atom stereocenters. The Labute approximate surface area is 171 Å². The lowest BCUT2D eigenvalue weighted by Crippen LogP contribution is -2.37. The van der Waals surface area contributed by atoms with Crippen LogP contribution >= 0.6 is 34.4 Å². The zero-order valence-corrected chi connectivity index (χ0v) is 17.9. The lowest BCUT2D eigenvalue weighted by Gasteiger charge is -2.30. The molecule has 2 aliphatic rings. The number of thiazole rings is 2. The summed E-state index contributed by atoms with van der Waals surface area (Å²) in [6.45, 7) is 6.10. The fourth-order valence-electron chi connectivity index (χ4n) is 3.51. The molecule has 2 saturated heterocycles. The van der Waals surface area contributed by atoms with Crippen LogP contribution in [0.1, 0.15) is 54.6 Å². The predicted molar refractivity (Wildman–Crippen MR) is 110 cm³/mol. The molecule has 2 amide bonds. The summed E-state index contributed by atoms with van der Waals surface area (Å²) in [7, 11) is 0. The van der Waals surface area contributed by atoms with Crippen LogP contribution in [0.2, 0.25) is 0 Å². The summed E-state index contributed by atoms with van der Waals surface area (Å²) in [6.07, 6.45) is 1.78. The van der Waals surface area contributed by atoms with Crippen molar-refractivity contribution in [1.29, 1.82) is 0 Å². The van der Waals surface area contributed by atoms with E-state index >= 15 is 0 Å². The Hall–Kier alpha value is -1.45. The van der Waals surface area contributed by atoms with E-state index in [-0.39, 0.29) is 11.8 Å². The summed E-state index contributed by atoms with van der Waals surface area (Å²) in [6, 6.07) is 0. The van der Waals surface area contributed by atoms with Crippen molar-refractivity contribution in [2.75, 3.05) is 31.3 Å². The summed E-state index contributed by atoms with van der Waals surface area (Å²) in [5, 5.41) is 3.85. The van der Waals surface area contributed by atoms with E-state index in [0.717, 1.165) is 64.7 Å². The quantitative estimate of drug-likeness (QED) is 0.759. The van der Waals surface area contributed by atoms with E-state index in [1.54, 1.807) is 23.1 Å². The smallest absolute Gasteiger partial charge is 0.274 e. The second kappa shape index (κ2) is 7.89. The van der Waals surface area contributed by atoms with Gasteiger partial charge in [0.05, 0.1) is 21.6 Å². The average Bonchev–Trinajstić information content (AvgIpc) is 3.42. The van der Waals surface area contributed by atoms with Gasteiger partial charge in [-0.3, -0.25) is 9.59 Å². The van der Waals surface area contributed by atoms with E-state index in [9.17, 15) is 9.59 Å². The number of rotatable bonds is 3. The maximum atomic E-state index is 12.7. The van der Waals surface area contributed by atoms with Gasteiger partial charge in [0.25, 0.3) is 11.8 Å². The predicted octanol–water partition coefficient (Wildman–Crippen LogP) is 3.38. The molecule has 0 aliphatic carbocycles. The molecule has 4 heterocycles. The second-order valence-electron chi connectivity index (χ2n) is 6.89. The lowest BCUT2D eigenvalue weighted by atomic mass is 9.97. The summed E-state index contributed by atoms with van der Waals surface area (Å²) in [5.41, 5.74) is 1.40. The van der Waals surface area contributed by atoms with E-state index in [1.165, 1.54) is 11.3 Å². The third-order valence-corrected chi connectivity index (χ3v) is 8.04. The van der Waals surface area contributed by atoms with Gasteiger partial charge in [0, 0.05) is 36.7 Å². The van der Waals surface area contributed by atoms with Crippen LogP contribution in [0.3, 0.4) is 0 Å². The van der Waals surface area contributed by atoms with Gasteiger partial charge in [0.1, 0.15) is 10.6 Å². The van der Waals surface area contributed by atoms with Crippen LogP contribution in [-0.4, -0.2) is 62.8 Å². The zero-order valence-electron chi connectivity index (χ0n) is 15.4. The van der Waals surface area contributed by atoms with Gasteiger partial charge in [-0.25, -0.2) is 9.97 Å². The Bertz CT molecular complexity index is 849. The largest absolute Gasteiger partial charge is 0.338 e. The Balaban J connectivity index is 1.37. The minimum atomic E-state index is 0.0474. The highest BCUT2D eigenvalue weighted by Crippen LogP contribution is 2.32. The number of likely N-dealkylation sites (tertiary alicyclic amines) is 1. The third kappa shape index (κ3) is 3.90. The third-order valence-electron chi connectivity index (χ3n) is 5.01. The molecule has 6 nitrogen and oxygen atoms in total. The molecule has 2 fully saturated rings. The van der Waals surface area contributed by atoms with Crippen molar-refractivity contribution in [2.24, 2.45) is 0 Å². The molecule has 2 aromatic rings. The first-order chi connectivity index (χ1) is 13.0. The molecule has 0 spiro atoms. The summed E-state index contributed by atoms with van der Waals surface area (Å²) >= 11 is 4.84. The van der Waals surface area contributed by atoms with Crippen molar-refractivity contribution in [3.05, 3.63) is 31.7 Å². The minimum absolute atomic E-state index is 0.0474. The fraction of sp³-hybridized carbons (Fsp3) is 0.556. The average molecular weight is 423 g/mol. The first kappa shape index (κ1) is 18.9. The molecule has 27 heavy (non-hydrogen) atoms. The maximum Gasteiger partial charge on any atom is 0.274 e. The molecular weight excluding hydrogens is 400 g/mol. The Morgan fingerprint density at radius 3 is 2.48 bits per heavy atom. The maximum absolute atomic E-state index is 12.7. The van der Waals surface area contributed by atoms with Crippen LogP contribution in [0, 0.1) is 13.8 Å². The minimum Gasteiger partial charge on any atom is -0.338 e. The fourth-order valence-corrected chi connectivity index (χ4v) is 6.31. The van der Waals surface area contributed by atoms with E-state index in [4.69, 9.17) is 0 Å². The molecule has 0 aromatic carbocycles. The SMILES string of the molecule is Cc1nc(C)c(C(=O)N2CCC(c3nc(C(=O)N4CCSC4)cs3)CC2)s1. The number of carbonyl (C=O) groups excluding carboxylic acids is 2. The van der Waals surface area contributed by atoms with E-state index in [2.05, 4.69) is 9.97 Å². The van der Waals surface area contributed by atoms with Crippen LogP contribution in [0.25, 0.3) is 0 Å². The number of hydrogen-bond donors (Lipinski definition) is 0. The topological polar surface area (TPSA) is 66.4 Å². The van der Waals surface area contributed by atoms with Crippen molar-refractivity contribution in [2.45, 2.75) is 32.6 Å². The highest BCUT2D eigenvalue weighted by Gasteiger charge is 2.29. The van der Waals surface area contributed by atoms with E-state index < -0.39 is 0 Å².